The second-order valence-corrected chi connectivity index (χ2v) is 1.93. The lowest BCUT2D eigenvalue weighted by molar-refractivity contribution is -0.144. The highest BCUT2D eigenvalue weighted by molar-refractivity contribution is 6.33. The molecule has 0 atom stereocenters. The Labute approximate surface area is 76.1 Å². The maximum Gasteiger partial charge on any atom is 0.762 e. The SMILES string of the molecule is CO.COC(=O)C(C)C.FB(F)F. The van der Waals surface area contributed by atoms with E-state index in [9.17, 15) is 17.7 Å². The largest absolute Gasteiger partial charge is 0.762 e. The first-order valence-electron chi connectivity index (χ1n) is 3.36. The molecular formula is C6H14BF3O3. The van der Waals surface area contributed by atoms with E-state index in [0.717, 1.165) is 7.11 Å². The van der Waals surface area contributed by atoms with Gasteiger partial charge in [0, 0.05) is 7.11 Å². The van der Waals surface area contributed by atoms with Gasteiger partial charge in [0.1, 0.15) is 0 Å². The topological polar surface area (TPSA) is 46.5 Å². The van der Waals surface area contributed by atoms with Crippen molar-refractivity contribution in [2.75, 3.05) is 14.2 Å². The highest BCUT2D eigenvalue weighted by Gasteiger charge is 2.06. The van der Waals surface area contributed by atoms with E-state index in [4.69, 9.17) is 5.11 Å². The summed E-state index contributed by atoms with van der Waals surface area (Å²) in [4.78, 5) is 10.3. The number of aliphatic hydroxyl groups excluding tert-OH is 1. The zero-order valence-electron chi connectivity index (χ0n) is 8.05. The van der Waals surface area contributed by atoms with Crippen LogP contribution in [0.2, 0.25) is 0 Å². The van der Waals surface area contributed by atoms with Gasteiger partial charge in [0.15, 0.2) is 0 Å². The third kappa shape index (κ3) is 34.8. The van der Waals surface area contributed by atoms with Gasteiger partial charge >= 0.3 is 13.5 Å². The molecule has 0 saturated carbocycles. The van der Waals surface area contributed by atoms with Crippen LogP contribution in [0.15, 0.2) is 0 Å². The monoisotopic (exact) mass is 202 g/mol. The first kappa shape index (κ1) is 18.1. The quantitative estimate of drug-likeness (QED) is 0.514. The number of carbonyl (C=O) groups excluding carboxylic acids is 1. The van der Waals surface area contributed by atoms with Crippen molar-refractivity contribution in [3.8, 4) is 0 Å². The van der Waals surface area contributed by atoms with Gasteiger partial charge in [-0.05, 0) is 0 Å². The van der Waals surface area contributed by atoms with Crippen LogP contribution in [0.5, 0.6) is 0 Å². The van der Waals surface area contributed by atoms with Gasteiger partial charge < -0.3 is 9.84 Å². The molecule has 13 heavy (non-hydrogen) atoms. The highest BCUT2D eigenvalue weighted by atomic mass is 19.4. The summed E-state index contributed by atoms with van der Waals surface area (Å²) >= 11 is 0. The van der Waals surface area contributed by atoms with Crippen molar-refractivity contribution >= 4 is 13.5 Å². The molecule has 0 heterocycles. The lowest BCUT2D eigenvalue weighted by atomic mass is 10.2. The van der Waals surface area contributed by atoms with E-state index < -0.39 is 7.54 Å². The Balaban J connectivity index is -0.000000142. The molecule has 0 fully saturated rings. The molecule has 0 bridgehead atoms. The summed E-state index contributed by atoms with van der Waals surface area (Å²) in [6, 6.07) is 0. The molecule has 0 rings (SSSR count). The van der Waals surface area contributed by atoms with Gasteiger partial charge in [0.2, 0.25) is 0 Å². The Morgan fingerprint density at radius 3 is 1.54 bits per heavy atom. The van der Waals surface area contributed by atoms with Crippen molar-refractivity contribution < 1.29 is 27.6 Å². The molecule has 80 valence electrons. The summed E-state index contributed by atoms with van der Waals surface area (Å²) in [5.74, 6) is -0.148. The van der Waals surface area contributed by atoms with Crippen LogP contribution in [0.4, 0.5) is 12.9 Å². The zero-order chi connectivity index (χ0) is 11.4. The molecular weight excluding hydrogens is 188 g/mol. The van der Waals surface area contributed by atoms with Gasteiger partial charge in [-0.3, -0.25) is 17.7 Å². The number of ether oxygens (including phenoxy) is 1. The van der Waals surface area contributed by atoms with Crippen LogP contribution >= 0.6 is 0 Å². The molecule has 0 spiro atoms. The van der Waals surface area contributed by atoms with Gasteiger partial charge in [-0.25, -0.2) is 0 Å². The molecule has 0 radical (unpaired) electrons. The Kier molecular flexibility index (Phi) is 19.3. The fraction of sp³-hybridized carbons (Fsp3) is 0.833. The Morgan fingerprint density at radius 2 is 1.54 bits per heavy atom. The zero-order valence-corrected chi connectivity index (χ0v) is 8.05. The van der Waals surface area contributed by atoms with E-state index in [-0.39, 0.29) is 11.9 Å². The number of halogens is 3. The maximum absolute atomic E-state index is 10.3. The van der Waals surface area contributed by atoms with Crippen LogP contribution in [0.1, 0.15) is 13.8 Å². The molecule has 0 saturated heterocycles. The van der Waals surface area contributed by atoms with Crippen molar-refractivity contribution in [2.45, 2.75) is 13.8 Å². The average Bonchev–Trinajstić information content (AvgIpc) is 2.05. The summed E-state index contributed by atoms with van der Waals surface area (Å²) < 4.78 is 33.4. The first-order chi connectivity index (χ1) is 5.91. The highest BCUT2D eigenvalue weighted by Crippen LogP contribution is 1.91. The van der Waals surface area contributed by atoms with Gasteiger partial charge in [-0.2, -0.15) is 0 Å². The molecule has 0 unspecified atom stereocenters. The van der Waals surface area contributed by atoms with E-state index in [2.05, 4.69) is 4.74 Å². The number of carbonyl (C=O) groups is 1. The summed E-state index contributed by atoms with van der Waals surface area (Å²) in [6.07, 6.45) is 0. The maximum atomic E-state index is 10.3. The fourth-order valence-corrected chi connectivity index (χ4v) is 0.236. The summed E-state index contributed by atoms with van der Waals surface area (Å²) in [7, 11) is -1.28. The minimum Gasteiger partial charge on any atom is -0.469 e. The summed E-state index contributed by atoms with van der Waals surface area (Å²) in [5, 5.41) is 7.00. The standard InChI is InChI=1S/C5H10O2.CH4O.BF3/c1-4(2)5(6)7-3;1-2;2-1(3)4/h4H,1-3H3;2H,1H3;. The van der Waals surface area contributed by atoms with Crippen LogP contribution < -0.4 is 0 Å². The molecule has 1 N–H and O–H groups in total. The van der Waals surface area contributed by atoms with E-state index in [1.165, 1.54) is 7.11 Å². The lowest BCUT2D eigenvalue weighted by Gasteiger charge is -1.97. The van der Waals surface area contributed by atoms with Crippen molar-refractivity contribution in [1.29, 1.82) is 0 Å². The number of esters is 1. The van der Waals surface area contributed by atoms with Crippen molar-refractivity contribution in [3.05, 3.63) is 0 Å². The molecule has 0 aliphatic carbocycles. The third-order valence-electron chi connectivity index (χ3n) is 0.673. The Morgan fingerprint density at radius 1 is 1.31 bits per heavy atom. The molecule has 0 aromatic carbocycles. The van der Waals surface area contributed by atoms with Crippen molar-refractivity contribution in [3.63, 3.8) is 0 Å². The lowest BCUT2D eigenvalue weighted by Crippen LogP contribution is -2.07. The summed E-state index contributed by atoms with van der Waals surface area (Å²) in [6.45, 7) is 3.59. The second kappa shape index (κ2) is 13.8. The molecule has 0 aromatic rings. The molecule has 0 aliphatic heterocycles. The number of hydrogen-bond acceptors (Lipinski definition) is 3. The van der Waals surface area contributed by atoms with Gasteiger partial charge in [-0.1, -0.05) is 13.8 Å². The molecule has 0 amide bonds. The predicted molar refractivity (Wildman–Crippen MR) is 44.1 cm³/mol. The van der Waals surface area contributed by atoms with Crippen molar-refractivity contribution in [2.24, 2.45) is 5.92 Å². The van der Waals surface area contributed by atoms with Crippen LogP contribution in [-0.4, -0.2) is 32.8 Å². The number of methoxy groups -OCH3 is 1. The molecule has 3 nitrogen and oxygen atoms in total. The van der Waals surface area contributed by atoms with E-state index in [1.54, 1.807) is 13.8 Å². The van der Waals surface area contributed by atoms with E-state index in [1.807, 2.05) is 0 Å². The molecule has 7 heteroatoms. The minimum atomic E-state index is -3.67. The van der Waals surface area contributed by atoms with Crippen LogP contribution in [-0.2, 0) is 9.53 Å². The minimum absolute atomic E-state index is 0.00463. The van der Waals surface area contributed by atoms with Gasteiger partial charge in [0.05, 0.1) is 13.0 Å². The first-order valence-corrected chi connectivity index (χ1v) is 3.36. The Bertz CT molecular complexity index is 109. The predicted octanol–water partition coefficient (Wildman–Crippen LogP) is 1.30. The fourth-order valence-electron chi connectivity index (χ4n) is 0.236. The normalized spacial score (nSPS) is 7.46. The molecule has 0 aromatic heterocycles. The number of aliphatic hydroxyl groups is 1. The van der Waals surface area contributed by atoms with Crippen molar-refractivity contribution in [1.82, 2.24) is 0 Å². The number of rotatable bonds is 1. The third-order valence-corrected chi connectivity index (χ3v) is 0.673. The van der Waals surface area contributed by atoms with Gasteiger partial charge in [0.25, 0.3) is 0 Å². The number of hydrogen-bond donors (Lipinski definition) is 1. The molecule has 0 aliphatic rings. The van der Waals surface area contributed by atoms with E-state index in [0.29, 0.717) is 0 Å². The Hall–Kier alpha value is -0.715. The van der Waals surface area contributed by atoms with E-state index >= 15 is 0 Å². The summed E-state index contributed by atoms with van der Waals surface area (Å²) in [5.41, 5.74) is 0. The van der Waals surface area contributed by atoms with Crippen LogP contribution in [0, 0.1) is 5.92 Å². The second-order valence-electron chi connectivity index (χ2n) is 1.93. The van der Waals surface area contributed by atoms with Crippen LogP contribution in [0.25, 0.3) is 0 Å². The smallest absolute Gasteiger partial charge is 0.469 e. The van der Waals surface area contributed by atoms with Crippen LogP contribution in [0.3, 0.4) is 0 Å². The average molecular weight is 202 g/mol. The van der Waals surface area contributed by atoms with Gasteiger partial charge in [-0.15, -0.1) is 0 Å².